The number of likely N-dealkylation sites (tertiary alicyclic amines) is 1. The smallest absolute Gasteiger partial charge is 0.170 e. The van der Waals surface area contributed by atoms with Crippen LogP contribution < -0.4 is 11.1 Å². The fourth-order valence-electron chi connectivity index (χ4n) is 2.46. The Kier molecular flexibility index (Phi) is 5.31. The van der Waals surface area contributed by atoms with Gasteiger partial charge in [0.15, 0.2) is 5.84 Å². The Balaban J connectivity index is 1.88. The van der Waals surface area contributed by atoms with E-state index in [-0.39, 0.29) is 5.84 Å². The summed E-state index contributed by atoms with van der Waals surface area (Å²) in [5.41, 5.74) is 6.82. The Hall–Kier alpha value is -1.66. The molecule has 1 aliphatic heterocycles. The molecule has 0 unspecified atom stereocenters. The molecule has 110 valence electrons. The molecular formula is C14H21FN4O. The molecule has 0 spiro atoms. The van der Waals surface area contributed by atoms with E-state index >= 15 is 0 Å². The first-order valence-electron chi connectivity index (χ1n) is 6.90. The molecule has 0 aliphatic carbocycles. The third-order valence-corrected chi connectivity index (χ3v) is 3.57. The molecule has 1 aliphatic rings. The molecule has 5 nitrogen and oxygen atoms in total. The number of hydrogen-bond donors (Lipinski definition) is 3. The standard InChI is InChI=1S/C14H21FN4O/c15-12-4-3-11(13(9-12)14(16)18-20)10-17-5-8-19-6-1-2-7-19/h3-4,9,17,20H,1-2,5-8,10H2,(H2,16,18). The summed E-state index contributed by atoms with van der Waals surface area (Å²) in [4.78, 5) is 2.42. The van der Waals surface area contributed by atoms with Crippen molar-refractivity contribution in [3.63, 3.8) is 0 Å². The van der Waals surface area contributed by atoms with Crippen LogP contribution in [0.15, 0.2) is 23.4 Å². The number of amidine groups is 1. The maximum Gasteiger partial charge on any atom is 0.170 e. The average Bonchev–Trinajstić information content (AvgIpc) is 2.97. The molecule has 1 fully saturated rings. The van der Waals surface area contributed by atoms with Crippen molar-refractivity contribution >= 4 is 5.84 Å². The molecule has 20 heavy (non-hydrogen) atoms. The van der Waals surface area contributed by atoms with E-state index in [1.807, 2.05) is 0 Å². The quantitative estimate of drug-likeness (QED) is 0.240. The molecule has 1 aromatic carbocycles. The zero-order valence-corrected chi connectivity index (χ0v) is 11.5. The molecule has 0 saturated carbocycles. The Morgan fingerprint density at radius 2 is 2.15 bits per heavy atom. The summed E-state index contributed by atoms with van der Waals surface area (Å²) in [5.74, 6) is -0.465. The van der Waals surface area contributed by atoms with E-state index in [2.05, 4.69) is 15.4 Å². The van der Waals surface area contributed by atoms with Crippen molar-refractivity contribution in [2.24, 2.45) is 10.9 Å². The molecule has 1 aromatic rings. The van der Waals surface area contributed by atoms with Gasteiger partial charge in [-0.2, -0.15) is 0 Å². The van der Waals surface area contributed by atoms with Crippen LogP contribution in [-0.2, 0) is 6.54 Å². The van der Waals surface area contributed by atoms with Crippen LogP contribution >= 0.6 is 0 Å². The minimum Gasteiger partial charge on any atom is -0.409 e. The summed E-state index contributed by atoms with van der Waals surface area (Å²) in [6, 6.07) is 4.32. The number of nitrogens with two attached hydrogens (primary N) is 1. The van der Waals surface area contributed by atoms with Gasteiger partial charge in [0.25, 0.3) is 0 Å². The van der Waals surface area contributed by atoms with Crippen molar-refractivity contribution < 1.29 is 9.60 Å². The molecule has 1 saturated heterocycles. The van der Waals surface area contributed by atoms with Crippen LogP contribution in [0.4, 0.5) is 4.39 Å². The zero-order chi connectivity index (χ0) is 14.4. The minimum absolute atomic E-state index is 0.0687. The maximum absolute atomic E-state index is 13.2. The van der Waals surface area contributed by atoms with Gasteiger partial charge in [0.2, 0.25) is 0 Å². The highest BCUT2D eigenvalue weighted by Gasteiger charge is 2.11. The molecule has 0 amide bonds. The van der Waals surface area contributed by atoms with Crippen LogP contribution in [0.2, 0.25) is 0 Å². The van der Waals surface area contributed by atoms with Crippen LogP contribution in [0.5, 0.6) is 0 Å². The first kappa shape index (κ1) is 14.7. The normalized spacial score (nSPS) is 16.8. The van der Waals surface area contributed by atoms with Crippen molar-refractivity contribution in [3.05, 3.63) is 35.1 Å². The summed E-state index contributed by atoms with van der Waals surface area (Å²) < 4.78 is 13.2. The van der Waals surface area contributed by atoms with Crippen molar-refractivity contribution in [1.29, 1.82) is 0 Å². The Labute approximate surface area is 118 Å². The summed E-state index contributed by atoms with van der Waals surface area (Å²) in [7, 11) is 0. The number of nitrogens with one attached hydrogen (secondary N) is 1. The summed E-state index contributed by atoms with van der Waals surface area (Å²) in [6.45, 7) is 4.80. The second kappa shape index (κ2) is 7.21. The zero-order valence-electron chi connectivity index (χ0n) is 11.5. The molecular weight excluding hydrogens is 259 g/mol. The Morgan fingerprint density at radius 1 is 1.40 bits per heavy atom. The van der Waals surface area contributed by atoms with Gasteiger partial charge in [-0.25, -0.2) is 4.39 Å². The van der Waals surface area contributed by atoms with E-state index in [0.29, 0.717) is 12.1 Å². The largest absolute Gasteiger partial charge is 0.409 e. The lowest BCUT2D eigenvalue weighted by molar-refractivity contribution is 0.318. The number of oxime groups is 1. The molecule has 4 N–H and O–H groups in total. The number of hydrogen-bond acceptors (Lipinski definition) is 4. The van der Waals surface area contributed by atoms with Gasteiger partial charge in [-0.05, 0) is 43.6 Å². The first-order valence-corrected chi connectivity index (χ1v) is 6.90. The van der Waals surface area contributed by atoms with Crippen LogP contribution in [0.25, 0.3) is 0 Å². The lowest BCUT2D eigenvalue weighted by atomic mass is 10.1. The molecule has 0 aromatic heterocycles. The fraction of sp³-hybridized carbons (Fsp3) is 0.500. The van der Waals surface area contributed by atoms with Gasteiger partial charge in [-0.15, -0.1) is 0 Å². The van der Waals surface area contributed by atoms with E-state index in [9.17, 15) is 4.39 Å². The van der Waals surface area contributed by atoms with Gasteiger partial charge < -0.3 is 21.2 Å². The highest BCUT2D eigenvalue weighted by atomic mass is 19.1. The van der Waals surface area contributed by atoms with E-state index in [4.69, 9.17) is 10.9 Å². The van der Waals surface area contributed by atoms with Gasteiger partial charge in [-0.3, -0.25) is 0 Å². The number of halogens is 1. The molecule has 1 heterocycles. The third kappa shape index (κ3) is 3.91. The summed E-state index contributed by atoms with van der Waals surface area (Å²) >= 11 is 0. The molecule has 2 rings (SSSR count). The van der Waals surface area contributed by atoms with E-state index in [1.54, 1.807) is 6.07 Å². The number of benzene rings is 1. The SMILES string of the molecule is NC(=NO)c1cc(F)ccc1CNCCN1CCCC1. The second-order valence-corrected chi connectivity index (χ2v) is 5.01. The predicted octanol–water partition coefficient (Wildman–Crippen LogP) is 1.11. The Morgan fingerprint density at radius 3 is 2.85 bits per heavy atom. The maximum atomic E-state index is 13.2. The van der Waals surface area contributed by atoms with Crippen molar-refractivity contribution in [1.82, 2.24) is 10.2 Å². The highest BCUT2D eigenvalue weighted by Crippen LogP contribution is 2.11. The van der Waals surface area contributed by atoms with Gasteiger partial charge in [0.1, 0.15) is 5.82 Å². The lowest BCUT2D eigenvalue weighted by Crippen LogP contribution is -2.30. The molecule has 6 heteroatoms. The third-order valence-electron chi connectivity index (χ3n) is 3.57. The summed E-state index contributed by atoms with van der Waals surface area (Å²) in [6.07, 6.45) is 2.57. The van der Waals surface area contributed by atoms with Crippen LogP contribution in [0.1, 0.15) is 24.0 Å². The first-order chi connectivity index (χ1) is 9.70. The van der Waals surface area contributed by atoms with Crippen LogP contribution in [0.3, 0.4) is 0 Å². The summed E-state index contributed by atoms with van der Waals surface area (Å²) in [5, 5.41) is 15.0. The number of nitrogens with zero attached hydrogens (tertiary/aromatic N) is 2. The van der Waals surface area contributed by atoms with E-state index in [0.717, 1.165) is 18.7 Å². The van der Waals surface area contributed by atoms with Crippen molar-refractivity contribution in [2.75, 3.05) is 26.2 Å². The minimum atomic E-state index is -0.396. The second-order valence-electron chi connectivity index (χ2n) is 5.01. The van der Waals surface area contributed by atoms with Gasteiger partial charge >= 0.3 is 0 Å². The van der Waals surface area contributed by atoms with E-state index < -0.39 is 5.82 Å². The van der Waals surface area contributed by atoms with E-state index in [1.165, 1.54) is 38.1 Å². The molecule has 0 bridgehead atoms. The van der Waals surface area contributed by atoms with Gasteiger partial charge in [0.05, 0.1) is 0 Å². The number of rotatable bonds is 6. The topological polar surface area (TPSA) is 73.9 Å². The van der Waals surface area contributed by atoms with Crippen molar-refractivity contribution in [2.45, 2.75) is 19.4 Å². The fourth-order valence-corrected chi connectivity index (χ4v) is 2.46. The van der Waals surface area contributed by atoms with Crippen molar-refractivity contribution in [3.8, 4) is 0 Å². The highest BCUT2D eigenvalue weighted by molar-refractivity contribution is 5.98. The average molecular weight is 280 g/mol. The van der Waals surface area contributed by atoms with Gasteiger partial charge in [-0.1, -0.05) is 11.2 Å². The molecule has 0 atom stereocenters. The molecule has 0 radical (unpaired) electrons. The monoisotopic (exact) mass is 280 g/mol. The van der Waals surface area contributed by atoms with Crippen LogP contribution in [0, 0.1) is 5.82 Å². The van der Waals surface area contributed by atoms with Gasteiger partial charge in [0, 0.05) is 25.2 Å². The lowest BCUT2D eigenvalue weighted by Gasteiger charge is -2.15. The Bertz CT molecular complexity index is 472. The predicted molar refractivity (Wildman–Crippen MR) is 76.3 cm³/mol. The van der Waals surface area contributed by atoms with Crippen LogP contribution in [-0.4, -0.2) is 42.1 Å².